The summed E-state index contributed by atoms with van der Waals surface area (Å²) in [4.78, 5) is 12.6. The fourth-order valence-corrected chi connectivity index (χ4v) is 2.01. The van der Waals surface area contributed by atoms with Gasteiger partial charge >= 0.3 is 5.97 Å². The summed E-state index contributed by atoms with van der Waals surface area (Å²) < 4.78 is 0. The van der Waals surface area contributed by atoms with Crippen LogP contribution < -0.4 is 5.32 Å². The molecule has 1 fully saturated rings. The third-order valence-electron chi connectivity index (χ3n) is 2.73. The first-order valence-corrected chi connectivity index (χ1v) is 5.29. The summed E-state index contributed by atoms with van der Waals surface area (Å²) in [6.07, 6.45) is 3.66. The topological polar surface area (TPSA) is 52.6 Å². The Morgan fingerprint density at radius 2 is 2.43 bits per heavy atom. The number of carbonyl (C=O) groups is 1. The molecule has 0 aromatic rings. The molecule has 0 amide bonds. The second kappa shape index (κ2) is 5.98. The van der Waals surface area contributed by atoms with Gasteiger partial charge in [0.2, 0.25) is 0 Å². The highest BCUT2D eigenvalue weighted by molar-refractivity contribution is 5.68. The van der Waals surface area contributed by atoms with Crippen LogP contribution in [0.3, 0.4) is 0 Å². The van der Waals surface area contributed by atoms with E-state index in [1.54, 1.807) is 0 Å². The van der Waals surface area contributed by atoms with Gasteiger partial charge in [0, 0.05) is 6.54 Å². The fourth-order valence-electron chi connectivity index (χ4n) is 2.01. The van der Waals surface area contributed by atoms with Crippen LogP contribution in [0.2, 0.25) is 0 Å². The molecule has 0 aliphatic carbocycles. The van der Waals surface area contributed by atoms with E-state index in [-0.39, 0.29) is 6.54 Å². The first-order chi connectivity index (χ1) is 6.68. The molecule has 1 atom stereocenters. The van der Waals surface area contributed by atoms with Gasteiger partial charge in [0.15, 0.2) is 0 Å². The lowest BCUT2D eigenvalue weighted by molar-refractivity contribution is -0.135. The number of carboxylic acid groups (broad SMARTS) is 1. The Balaban J connectivity index is 2.03. The predicted molar refractivity (Wildman–Crippen MR) is 55.3 cm³/mol. The van der Waals surface area contributed by atoms with Crippen LogP contribution >= 0.6 is 0 Å². The summed E-state index contributed by atoms with van der Waals surface area (Å²) >= 11 is 0. The number of likely N-dealkylation sites (tertiary alicyclic amines) is 1. The lowest BCUT2D eigenvalue weighted by Gasteiger charge is -2.29. The summed E-state index contributed by atoms with van der Waals surface area (Å²) in [5.41, 5.74) is 0. The number of carboxylic acids is 1. The largest absolute Gasteiger partial charge is 0.480 e. The first kappa shape index (κ1) is 11.5. The van der Waals surface area contributed by atoms with Crippen molar-refractivity contribution in [3.8, 4) is 0 Å². The number of piperidine rings is 1. The van der Waals surface area contributed by atoms with E-state index in [0.717, 1.165) is 25.4 Å². The molecular formula is C10H20N2O2. The Labute approximate surface area is 85.3 Å². The first-order valence-electron chi connectivity index (χ1n) is 5.29. The van der Waals surface area contributed by atoms with E-state index in [1.165, 1.54) is 19.4 Å². The molecule has 1 aliphatic heterocycles. The molecule has 0 saturated carbocycles. The molecule has 0 aromatic carbocycles. The molecule has 0 radical (unpaired) electrons. The quantitative estimate of drug-likeness (QED) is 0.630. The molecule has 1 heterocycles. The summed E-state index contributed by atoms with van der Waals surface area (Å²) in [7, 11) is 2.15. The normalized spacial score (nSPS) is 23.6. The molecule has 0 aromatic heterocycles. The number of hydrogen-bond acceptors (Lipinski definition) is 3. The lowest BCUT2D eigenvalue weighted by Crippen LogP contribution is -2.34. The Morgan fingerprint density at radius 1 is 1.64 bits per heavy atom. The van der Waals surface area contributed by atoms with Crippen molar-refractivity contribution in [2.75, 3.05) is 33.2 Å². The monoisotopic (exact) mass is 200 g/mol. The molecule has 1 rings (SSSR count). The summed E-state index contributed by atoms with van der Waals surface area (Å²) in [5.74, 6) is -0.0270. The third-order valence-corrected chi connectivity index (χ3v) is 2.73. The van der Waals surface area contributed by atoms with Crippen LogP contribution in [-0.4, -0.2) is 49.2 Å². The van der Waals surface area contributed by atoms with Crippen LogP contribution in [-0.2, 0) is 4.79 Å². The average Bonchev–Trinajstić information content (AvgIpc) is 2.12. The number of nitrogens with zero attached hydrogens (tertiary/aromatic N) is 1. The fraction of sp³-hybridized carbons (Fsp3) is 0.900. The van der Waals surface area contributed by atoms with Gasteiger partial charge in [-0.15, -0.1) is 0 Å². The second-order valence-electron chi connectivity index (χ2n) is 4.13. The van der Waals surface area contributed by atoms with Gasteiger partial charge in [-0.2, -0.15) is 0 Å². The summed E-state index contributed by atoms with van der Waals surface area (Å²) in [5, 5.41) is 11.4. The molecule has 4 nitrogen and oxygen atoms in total. The van der Waals surface area contributed by atoms with E-state index < -0.39 is 5.97 Å². The highest BCUT2D eigenvalue weighted by Gasteiger charge is 2.16. The minimum absolute atomic E-state index is 0.0859. The Hall–Kier alpha value is -0.610. The Morgan fingerprint density at radius 3 is 3.07 bits per heavy atom. The molecular weight excluding hydrogens is 180 g/mol. The molecule has 82 valence electrons. The molecule has 0 bridgehead atoms. The highest BCUT2D eigenvalue weighted by Crippen LogP contribution is 2.17. The summed E-state index contributed by atoms with van der Waals surface area (Å²) in [6.45, 7) is 3.28. The van der Waals surface area contributed by atoms with Crippen molar-refractivity contribution in [3.63, 3.8) is 0 Å². The zero-order valence-corrected chi connectivity index (χ0v) is 8.83. The van der Waals surface area contributed by atoms with Crippen molar-refractivity contribution in [2.45, 2.75) is 19.3 Å². The maximum atomic E-state index is 10.2. The van der Waals surface area contributed by atoms with Crippen molar-refractivity contribution >= 4 is 5.97 Å². The van der Waals surface area contributed by atoms with E-state index in [4.69, 9.17) is 5.11 Å². The van der Waals surface area contributed by atoms with Crippen LogP contribution in [0.4, 0.5) is 0 Å². The second-order valence-corrected chi connectivity index (χ2v) is 4.13. The number of rotatable bonds is 5. The molecule has 14 heavy (non-hydrogen) atoms. The maximum Gasteiger partial charge on any atom is 0.317 e. The molecule has 1 unspecified atom stereocenters. The predicted octanol–water partition coefficient (Wildman–Crippen LogP) is 0.393. The van der Waals surface area contributed by atoms with Crippen molar-refractivity contribution in [3.05, 3.63) is 0 Å². The van der Waals surface area contributed by atoms with Crippen LogP contribution in [0.1, 0.15) is 19.3 Å². The highest BCUT2D eigenvalue weighted by atomic mass is 16.4. The van der Waals surface area contributed by atoms with Gasteiger partial charge in [-0.3, -0.25) is 4.79 Å². The summed E-state index contributed by atoms with van der Waals surface area (Å²) in [6, 6.07) is 0. The number of aliphatic carboxylic acids is 1. The van der Waals surface area contributed by atoms with Gasteiger partial charge in [0.25, 0.3) is 0 Å². The third kappa shape index (κ3) is 4.58. The van der Waals surface area contributed by atoms with Crippen LogP contribution in [0, 0.1) is 5.92 Å². The zero-order chi connectivity index (χ0) is 10.4. The van der Waals surface area contributed by atoms with Crippen LogP contribution in [0.15, 0.2) is 0 Å². The van der Waals surface area contributed by atoms with Crippen molar-refractivity contribution in [1.29, 1.82) is 0 Å². The number of nitrogens with one attached hydrogen (secondary N) is 1. The van der Waals surface area contributed by atoms with Gasteiger partial charge in [-0.25, -0.2) is 0 Å². The van der Waals surface area contributed by atoms with E-state index in [0.29, 0.717) is 0 Å². The smallest absolute Gasteiger partial charge is 0.317 e. The van der Waals surface area contributed by atoms with Gasteiger partial charge in [0.1, 0.15) is 0 Å². The van der Waals surface area contributed by atoms with E-state index in [1.807, 2.05) is 0 Å². The minimum atomic E-state index is -0.772. The van der Waals surface area contributed by atoms with Crippen LogP contribution in [0.25, 0.3) is 0 Å². The van der Waals surface area contributed by atoms with Gasteiger partial charge in [-0.1, -0.05) is 0 Å². The van der Waals surface area contributed by atoms with Gasteiger partial charge in [-0.05, 0) is 45.3 Å². The maximum absolute atomic E-state index is 10.2. The van der Waals surface area contributed by atoms with Gasteiger partial charge < -0.3 is 15.3 Å². The number of hydrogen-bond donors (Lipinski definition) is 2. The van der Waals surface area contributed by atoms with Gasteiger partial charge in [0.05, 0.1) is 6.54 Å². The van der Waals surface area contributed by atoms with Crippen molar-refractivity contribution in [1.82, 2.24) is 10.2 Å². The SMILES string of the molecule is CN1CCCC(CCNCC(=O)O)C1. The Kier molecular flexibility index (Phi) is 4.90. The lowest BCUT2D eigenvalue weighted by atomic mass is 9.95. The van der Waals surface area contributed by atoms with Crippen LogP contribution in [0.5, 0.6) is 0 Å². The van der Waals surface area contributed by atoms with Crippen molar-refractivity contribution in [2.24, 2.45) is 5.92 Å². The molecule has 1 saturated heterocycles. The molecule has 2 N–H and O–H groups in total. The molecule has 4 heteroatoms. The van der Waals surface area contributed by atoms with Crippen molar-refractivity contribution < 1.29 is 9.90 Å². The molecule has 1 aliphatic rings. The minimum Gasteiger partial charge on any atom is -0.480 e. The van der Waals surface area contributed by atoms with E-state index in [9.17, 15) is 4.79 Å². The molecule has 0 spiro atoms. The standard InChI is InChI=1S/C10H20N2O2/c1-12-6-2-3-9(8-12)4-5-11-7-10(13)14/h9,11H,2-8H2,1H3,(H,13,14). The average molecular weight is 200 g/mol. The zero-order valence-electron chi connectivity index (χ0n) is 8.83. The van der Waals surface area contributed by atoms with E-state index in [2.05, 4.69) is 17.3 Å². The van der Waals surface area contributed by atoms with E-state index >= 15 is 0 Å². The Bertz CT molecular complexity index is 185.